The number of hydrogen-bond acceptors (Lipinski definition) is 3. The minimum absolute atomic E-state index is 0.793. The molecule has 4 nitrogen and oxygen atoms in total. The third-order valence-corrected chi connectivity index (χ3v) is 3.57. The summed E-state index contributed by atoms with van der Waals surface area (Å²) in [7, 11) is 2.04. The van der Waals surface area contributed by atoms with Crippen LogP contribution in [0.1, 0.15) is 25.1 Å². The van der Waals surface area contributed by atoms with E-state index in [4.69, 9.17) is 0 Å². The highest BCUT2D eigenvalue weighted by Crippen LogP contribution is 2.34. The van der Waals surface area contributed by atoms with Crippen molar-refractivity contribution in [2.45, 2.75) is 20.4 Å². The van der Waals surface area contributed by atoms with Gasteiger partial charge in [0, 0.05) is 30.4 Å². The van der Waals surface area contributed by atoms with Crippen LogP contribution in [-0.4, -0.2) is 27.4 Å². The van der Waals surface area contributed by atoms with Gasteiger partial charge in [-0.3, -0.25) is 0 Å². The first kappa shape index (κ1) is 15.8. The lowest BCUT2D eigenvalue weighted by Crippen LogP contribution is -2.19. The van der Waals surface area contributed by atoms with E-state index in [9.17, 15) is 0 Å². The van der Waals surface area contributed by atoms with Crippen LogP contribution in [0.4, 0.5) is 0 Å². The molecular formula is C18H22N4. The fraction of sp³-hybridized carbons (Fsp3) is 0.222. The largest absolute Gasteiger partial charge is 0.370 e. The van der Waals surface area contributed by atoms with Crippen molar-refractivity contribution in [1.29, 1.82) is 0 Å². The highest BCUT2D eigenvalue weighted by Gasteiger charge is 2.22. The van der Waals surface area contributed by atoms with Crippen LogP contribution in [0, 0.1) is 0 Å². The lowest BCUT2D eigenvalue weighted by atomic mass is 9.96. The molecule has 0 bridgehead atoms. The zero-order valence-corrected chi connectivity index (χ0v) is 13.4. The van der Waals surface area contributed by atoms with Crippen LogP contribution in [0.2, 0.25) is 0 Å². The van der Waals surface area contributed by atoms with Crippen LogP contribution < -0.4 is 0 Å². The average molecular weight is 294 g/mol. The van der Waals surface area contributed by atoms with Crippen LogP contribution in [-0.2, 0) is 6.54 Å². The minimum Gasteiger partial charge on any atom is -0.370 e. The number of nitrogens with zero attached hydrogens (tertiary/aromatic N) is 3. The van der Waals surface area contributed by atoms with Gasteiger partial charge in [0.2, 0.25) is 0 Å². The van der Waals surface area contributed by atoms with Crippen molar-refractivity contribution in [1.82, 2.24) is 20.3 Å². The van der Waals surface area contributed by atoms with Crippen molar-refractivity contribution in [3.63, 3.8) is 0 Å². The number of H-pyrrole nitrogens is 1. The molecule has 114 valence electrons. The van der Waals surface area contributed by atoms with Gasteiger partial charge in [0.15, 0.2) is 0 Å². The normalized spacial score (nSPS) is 16.4. The van der Waals surface area contributed by atoms with Gasteiger partial charge in [-0.1, -0.05) is 57.3 Å². The SMILES string of the molecule is C=C/C1=C(\C=C)N(C)Cc2ccccc2-c2n[nH]nc21.CC. The smallest absolute Gasteiger partial charge is 0.122 e. The average Bonchev–Trinajstić information content (AvgIpc) is 3.02. The number of likely N-dealkylation sites (N-methyl/N-ethyl adjacent to an activating group) is 1. The van der Waals surface area contributed by atoms with Crippen LogP contribution in [0.5, 0.6) is 0 Å². The van der Waals surface area contributed by atoms with E-state index in [0.29, 0.717) is 0 Å². The van der Waals surface area contributed by atoms with Crippen LogP contribution in [0.25, 0.3) is 16.8 Å². The summed E-state index contributed by atoms with van der Waals surface area (Å²) >= 11 is 0. The summed E-state index contributed by atoms with van der Waals surface area (Å²) in [6.07, 6.45) is 3.65. The van der Waals surface area contributed by atoms with Crippen molar-refractivity contribution in [3.05, 3.63) is 66.5 Å². The monoisotopic (exact) mass is 294 g/mol. The number of allylic oxidation sites excluding steroid dienone is 3. The third-order valence-electron chi connectivity index (χ3n) is 3.57. The van der Waals surface area contributed by atoms with Gasteiger partial charge in [-0.05, 0) is 11.6 Å². The summed E-state index contributed by atoms with van der Waals surface area (Å²) in [5, 5.41) is 11.3. The Labute approximate surface area is 131 Å². The van der Waals surface area contributed by atoms with Gasteiger partial charge in [0.05, 0.1) is 0 Å². The maximum Gasteiger partial charge on any atom is 0.122 e. The van der Waals surface area contributed by atoms with E-state index < -0.39 is 0 Å². The summed E-state index contributed by atoms with van der Waals surface area (Å²) in [6.45, 7) is 12.6. The molecule has 0 unspecified atom stereocenters. The van der Waals surface area contributed by atoms with Crippen molar-refractivity contribution in [3.8, 4) is 11.3 Å². The summed E-state index contributed by atoms with van der Waals surface area (Å²) < 4.78 is 0. The molecule has 3 rings (SSSR count). The van der Waals surface area contributed by atoms with Crippen molar-refractivity contribution < 1.29 is 0 Å². The first-order valence-electron chi connectivity index (χ1n) is 7.46. The van der Waals surface area contributed by atoms with Crippen LogP contribution in [0.3, 0.4) is 0 Å². The Morgan fingerprint density at radius 3 is 2.45 bits per heavy atom. The van der Waals surface area contributed by atoms with E-state index in [1.54, 1.807) is 0 Å². The van der Waals surface area contributed by atoms with Crippen molar-refractivity contribution >= 4 is 5.57 Å². The zero-order valence-electron chi connectivity index (χ0n) is 13.4. The fourth-order valence-electron chi connectivity index (χ4n) is 2.63. The van der Waals surface area contributed by atoms with E-state index in [2.05, 4.69) is 45.6 Å². The molecule has 1 aliphatic rings. The Morgan fingerprint density at radius 2 is 1.77 bits per heavy atom. The molecule has 22 heavy (non-hydrogen) atoms. The maximum absolute atomic E-state index is 4.32. The molecule has 4 heteroatoms. The van der Waals surface area contributed by atoms with Gasteiger partial charge >= 0.3 is 0 Å². The Morgan fingerprint density at radius 1 is 1.09 bits per heavy atom. The van der Waals surface area contributed by atoms with E-state index in [1.807, 2.05) is 45.2 Å². The Kier molecular flexibility index (Phi) is 4.94. The second kappa shape index (κ2) is 6.89. The molecule has 0 atom stereocenters. The lowest BCUT2D eigenvalue weighted by molar-refractivity contribution is 0.426. The second-order valence-corrected chi connectivity index (χ2v) is 4.74. The van der Waals surface area contributed by atoms with E-state index in [-0.39, 0.29) is 0 Å². The molecule has 2 heterocycles. The number of aromatic amines is 1. The predicted octanol–water partition coefficient (Wildman–Crippen LogP) is 4.03. The summed E-state index contributed by atoms with van der Waals surface area (Å²) in [4.78, 5) is 2.15. The van der Waals surface area contributed by atoms with Gasteiger partial charge in [0.1, 0.15) is 11.4 Å². The molecule has 0 radical (unpaired) electrons. The molecule has 2 aromatic rings. The molecule has 0 spiro atoms. The molecule has 1 aromatic carbocycles. The molecule has 1 N–H and O–H groups in total. The van der Waals surface area contributed by atoms with Crippen molar-refractivity contribution in [2.75, 3.05) is 7.05 Å². The quantitative estimate of drug-likeness (QED) is 0.909. The molecule has 1 aliphatic heterocycles. The highest BCUT2D eigenvalue weighted by molar-refractivity contribution is 5.85. The molecule has 0 amide bonds. The van der Waals surface area contributed by atoms with Gasteiger partial charge < -0.3 is 4.90 Å². The topological polar surface area (TPSA) is 44.8 Å². The predicted molar refractivity (Wildman–Crippen MR) is 91.9 cm³/mol. The molecular weight excluding hydrogens is 272 g/mol. The van der Waals surface area contributed by atoms with E-state index in [1.165, 1.54) is 5.56 Å². The molecule has 0 saturated carbocycles. The summed E-state index contributed by atoms with van der Waals surface area (Å²) in [6, 6.07) is 8.25. The Bertz CT molecular complexity index is 709. The standard InChI is InChI=1S/C16H16N4.C2H6/c1-4-12-14(5-2)20(3)10-11-8-6-7-9-13(11)16-15(12)17-19-18-16;1-2/h4-9H,1-2,10H2,3H3,(H,17,18,19);1-2H3/b14-12-;. The second-order valence-electron chi connectivity index (χ2n) is 4.74. The summed E-state index contributed by atoms with van der Waals surface area (Å²) in [5.74, 6) is 0. The third kappa shape index (κ3) is 2.60. The van der Waals surface area contributed by atoms with Crippen molar-refractivity contribution in [2.24, 2.45) is 0 Å². The molecule has 0 fully saturated rings. The van der Waals surface area contributed by atoms with Crippen LogP contribution >= 0.6 is 0 Å². The number of rotatable bonds is 2. The Balaban J connectivity index is 0.000000847. The first-order valence-corrected chi connectivity index (χ1v) is 7.46. The van der Waals surface area contributed by atoms with Gasteiger partial charge in [-0.15, -0.1) is 0 Å². The summed E-state index contributed by atoms with van der Waals surface area (Å²) in [5.41, 5.74) is 5.94. The number of benzene rings is 1. The molecule has 0 saturated heterocycles. The molecule has 0 aliphatic carbocycles. The number of aromatic nitrogens is 3. The minimum atomic E-state index is 0.793. The van der Waals surface area contributed by atoms with Gasteiger partial charge in [-0.25, -0.2) is 0 Å². The maximum atomic E-state index is 4.32. The number of fused-ring (bicyclic) bond motifs is 3. The van der Waals surface area contributed by atoms with E-state index in [0.717, 1.165) is 34.8 Å². The van der Waals surface area contributed by atoms with E-state index >= 15 is 0 Å². The van der Waals surface area contributed by atoms with Gasteiger partial charge in [-0.2, -0.15) is 15.4 Å². The Hall–Kier alpha value is -2.62. The van der Waals surface area contributed by atoms with Crippen LogP contribution in [0.15, 0.2) is 55.3 Å². The number of hydrogen-bond donors (Lipinski definition) is 1. The first-order chi connectivity index (χ1) is 10.8. The fourth-order valence-corrected chi connectivity index (χ4v) is 2.63. The number of nitrogens with one attached hydrogen (secondary N) is 1. The highest BCUT2D eigenvalue weighted by atomic mass is 15.3. The zero-order chi connectivity index (χ0) is 16.1. The molecule has 1 aromatic heterocycles. The lowest BCUT2D eigenvalue weighted by Gasteiger charge is -2.26. The van der Waals surface area contributed by atoms with Gasteiger partial charge in [0.25, 0.3) is 0 Å².